The number of amidine groups is 1. The molecule has 2 rings (SSSR count). The van der Waals surface area contributed by atoms with Gasteiger partial charge in [-0.3, -0.25) is 4.99 Å². The van der Waals surface area contributed by atoms with Gasteiger partial charge in [0.05, 0.1) is 12.8 Å². The highest BCUT2D eigenvalue weighted by molar-refractivity contribution is 6.05. The van der Waals surface area contributed by atoms with Crippen LogP contribution in [0.15, 0.2) is 40.5 Å². The van der Waals surface area contributed by atoms with Gasteiger partial charge in [-0.15, -0.1) is 0 Å². The summed E-state index contributed by atoms with van der Waals surface area (Å²) in [5.74, 6) is 1.38. The third kappa shape index (κ3) is 2.55. The first-order chi connectivity index (χ1) is 8.24. The fourth-order valence-electron chi connectivity index (χ4n) is 1.71. The molecule has 0 saturated heterocycles. The smallest absolute Gasteiger partial charge is 0.201 e. The van der Waals surface area contributed by atoms with Crippen LogP contribution in [0.25, 0.3) is 0 Å². The first-order valence-electron chi connectivity index (χ1n) is 5.46. The Bertz CT molecular complexity index is 431. The van der Waals surface area contributed by atoms with Crippen LogP contribution < -0.4 is 10.1 Å². The minimum Gasteiger partial charge on any atom is -0.474 e. The summed E-state index contributed by atoms with van der Waals surface area (Å²) in [6.45, 7) is 3.29. The highest BCUT2D eigenvalue weighted by Gasteiger charge is 2.33. The Morgan fingerprint density at radius 2 is 2.24 bits per heavy atom. The molecule has 1 aliphatic rings. The van der Waals surface area contributed by atoms with E-state index in [-0.39, 0.29) is 0 Å². The van der Waals surface area contributed by atoms with Gasteiger partial charge >= 0.3 is 0 Å². The lowest BCUT2D eigenvalue weighted by molar-refractivity contribution is 0.224. The Morgan fingerprint density at radius 3 is 2.82 bits per heavy atom. The van der Waals surface area contributed by atoms with Gasteiger partial charge in [0.1, 0.15) is 11.6 Å². The molecule has 1 aromatic carbocycles. The van der Waals surface area contributed by atoms with E-state index in [1.807, 2.05) is 30.3 Å². The van der Waals surface area contributed by atoms with Gasteiger partial charge in [0.25, 0.3) is 0 Å². The summed E-state index contributed by atoms with van der Waals surface area (Å²) in [5, 5.41) is 14.9. The van der Waals surface area contributed by atoms with Crippen LogP contribution in [-0.4, -0.2) is 35.9 Å². The molecule has 0 radical (unpaired) electrons. The van der Waals surface area contributed by atoms with E-state index in [4.69, 9.17) is 9.94 Å². The van der Waals surface area contributed by atoms with Crippen LogP contribution in [0.5, 0.6) is 5.75 Å². The van der Waals surface area contributed by atoms with Crippen LogP contribution in [-0.2, 0) is 0 Å². The van der Waals surface area contributed by atoms with Crippen LogP contribution in [0.3, 0.4) is 0 Å². The molecule has 0 spiro atoms. The van der Waals surface area contributed by atoms with Crippen LogP contribution in [0.1, 0.15) is 6.92 Å². The molecule has 5 nitrogen and oxygen atoms in total. The Labute approximate surface area is 99.8 Å². The van der Waals surface area contributed by atoms with Crippen molar-refractivity contribution in [3.05, 3.63) is 30.3 Å². The molecule has 5 heteroatoms. The second-order valence-corrected chi connectivity index (χ2v) is 3.92. The van der Waals surface area contributed by atoms with Crippen molar-refractivity contribution in [2.45, 2.75) is 12.5 Å². The number of ether oxygens (including phenoxy) is 1. The topological polar surface area (TPSA) is 66.2 Å². The second-order valence-electron chi connectivity index (χ2n) is 3.92. The lowest BCUT2D eigenvalue weighted by Gasteiger charge is -2.26. The minimum absolute atomic E-state index is 0.680. The van der Waals surface area contributed by atoms with Crippen molar-refractivity contribution in [1.82, 2.24) is 5.32 Å². The second kappa shape index (κ2) is 4.86. The highest BCUT2D eigenvalue weighted by atomic mass is 16.5. The molecule has 0 aliphatic carbocycles. The fraction of sp³-hybridized carbons (Fsp3) is 0.333. The largest absolute Gasteiger partial charge is 0.474 e. The van der Waals surface area contributed by atoms with Gasteiger partial charge in [-0.05, 0) is 19.1 Å². The fourth-order valence-corrected chi connectivity index (χ4v) is 1.71. The van der Waals surface area contributed by atoms with Crippen molar-refractivity contribution >= 4 is 12.1 Å². The first kappa shape index (κ1) is 11.4. The number of hydrogen-bond acceptors (Lipinski definition) is 5. The van der Waals surface area contributed by atoms with Crippen LogP contribution in [0.2, 0.25) is 0 Å². The van der Waals surface area contributed by atoms with Gasteiger partial charge in [0.2, 0.25) is 5.60 Å². The Balaban J connectivity index is 2.23. The van der Waals surface area contributed by atoms with Gasteiger partial charge in [-0.25, -0.2) is 0 Å². The Morgan fingerprint density at radius 1 is 1.47 bits per heavy atom. The van der Waals surface area contributed by atoms with Gasteiger partial charge in [-0.2, -0.15) is 0 Å². The number of hydrogen-bond donors (Lipinski definition) is 2. The van der Waals surface area contributed by atoms with Crippen molar-refractivity contribution in [1.29, 1.82) is 0 Å². The number of para-hydroxylation sites is 1. The maximum atomic E-state index is 8.75. The van der Waals surface area contributed by atoms with Crippen molar-refractivity contribution in [2.75, 3.05) is 13.1 Å². The SMILES string of the molecule is CC(/C=N/O)(Oc1ccccc1)C1=NCCN1. The molecule has 1 atom stereocenters. The van der Waals surface area contributed by atoms with Gasteiger partial charge in [-0.1, -0.05) is 23.4 Å². The van der Waals surface area contributed by atoms with Gasteiger partial charge in [0.15, 0.2) is 0 Å². The minimum atomic E-state index is -0.868. The molecule has 1 heterocycles. The van der Waals surface area contributed by atoms with Gasteiger partial charge in [0, 0.05) is 6.54 Å². The van der Waals surface area contributed by atoms with E-state index >= 15 is 0 Å². The summed E-state index contributed by atoms with van der Waals surface area (Å²) in [6.07, 6.45) is 1.33. The molecule has 1 unspecified atom stereocenters. The van der Waals surface area contributed by atoms with E-state index < -0.39 is 5.60 Å². The molecule has 0 bridgehead atoms. The van der Waals surface area contributed by atoms with Crippen molar-refractivity contribution in [3.8, 4) is 5.75 Å². The van der Waals surface area contributed by atoms with E-state index in [1.54, 1.807) is 6.92 Å². The molecule has 17 heavy (non-hydrogen) atoms. The van der Waals surface area contributed by atoms with Crippen molar-refractivity contribution in [3.63, 3.8) is 0 Å². The quantitative estimate of drug-likeness (QED) is 0.468. The van der Waals surface area contributed by atoms with E-state index in [1.165, 1.54) is 6.21 Å². The monoisotopic (exact) mass is 233 g/mol. The van der Waals surface area contributed by atoms with Crippen LogP contribution in [0, 0.1) is 0 Å². The third-order valence-electron chi connectivity index (χ3n) is 2.52. The Kier molecular flexibility index (Phi) is 3.27. The van der Waals surface area contributed by atoms with Crippen molar-refractivity contribution in [2.24, 2.45) is 10.1 Å². The van der Waals surface area contributed by atoms with Crippen LogP contribution in [0.4, 0.5) is 0 Å². The number of oxime groups is 1. The number of nitrogens with zero attached hydrogens (tertiary/aromatic N) is 2. The standard InChI is InChI=1S/C12H15N3O2/c1-12(9-15-16,11-13-7-8-14-11)17-10-5-3-2-4-6-10/h2-6,9,16H,7-8H2,1H3,(H,13,14)/b15-9+. The lowest BCUT2D eigenvalue weighted by Crippen LogP contribution is -2.48. The van der Waals surface area contributed by atoms with E-state index in [0.29, 0.717) is 18.1 Å². The number of nitrogens with one attached hydrogen (secondary N) is 1. The summed E-state index contributed by atoms with van der Waals surface area (Å²) in [5.41, 5.74) is -0.868. The maximum absolute atomic E-state index is 8.75. The molecule has 90 valence electrons. The molecule has 1 aliphatic heterocycles. The van der Waals surface area contributed by atoms with Crippen molar-refractivity contribution < 1.29 is 9.94 Å². The van der Waals surface area contributed by atoms with E-state index in [9.17, 15) is 0 Å². The molecule has 0 fully saturated rings. The van der Waals surface area contributed by atoms with Gasteiger partial charge < -0.3 is 15.3 Å². The number of aliphatic imine (C=N–C) groups is 1. The summed E-state index contributed by atoms with van der Waals surface area (Å²) in [7, 11) is 0. The first-order valence-corrected chi connectivity index (χ1v) is 5.46. The summed E-state index contributed by atoms with van der Waals surface area (Å²) in [6, 6.07) is 9.37. The molecule has 2 N–H and O–H groups in total. The predicted octanol–water partition coefficient (Wildman–Crippen LogP) is 1.29. The molecular weight excluding hydrogens is 218 g/mol. The summed E-state index contributed by atoms with van der Waals surface area (Å²) >= 11 is 0. The number of rotatable bonds is 4. The maximum Gasteiger partial charge on any atom is 0.201 e. The van der Waals surface area contributed by atoms with E-state index in [2.05, 4.69) is 15.5 Å². The molecular formula is C12H15N3O2. The number of benzene rings is 1. The zero-order valence-electron chi connectivity index (χ0n) is 9.63. The highest BCUT2D eigenvalue weighted by Crippen LogP contribution is 2.18. The Hall–Kier alpha value is -2.04. The summed E-state index contributed by atoms with van der Waals surface area (Å²) < 4.78 is 5.82. The molecule has 1 aromatic rings. The third-order valence-corrected chi connectivity index (χ3v) is 2.52. The lowest BCUT2D eigenvalue weighted by atomic mass is 10.1. The average molecular weight is 233 g/mol. The average Bonchev–Trinajstić information content (AvgIpc) is 2.84. The van der Waals surface area contributed by atoms with E-state index in [0.717, 1.165) is 6.54 Å². The molecule has 0 saturated carbocycles. The molecule has 0 amide bonds. The zero-order valence-corrected chi connectivity index (χ0v) is 9.63. The molecule has 0 aromatic heterocycles. The van der Waals surface area contributed by atoms with Crippen LogP contribution >= 0.6 is 0 Å². The normalized spacial score (nSPS) is 18.5. The summed E-state index contributed by atoms with van der Waals surface area (Å²) in [4.78, 5) is 4.30. The predicted molar refractivity (Wildman–Crippen MR) is 66.1 cm³/mol. The zero-order chi connectivity index (χ0) is 12.1.